The number of carbonyl (C=O) groups is 6. The van der Waals surface area contributed by atoms with E-state index in [0.717, 1.165) is 25.7 Å². The van der Waals surface area contributed by atoms with Crippen molar-refractivity contribution in [1.29, 1.82) is 0 Å². The molecular weight excluding hydrogens is 1240 g/mol. The van der Waals surface area contributed by atoms with E-state index >= 15 is 0 Å². The van der Waals surface area contributed by atoms with Gasteiger partial charge in [-0.1, -0.05) is 19.3 Å². The van der Waals surface area contributed by atoms with Crippen LogP contribution in [0.15, 0.2) is 73.9 Å². The van der Waals surface area contributed by atoms with Crippen LogP contribution in [0.4, 0.5) is 11.6 Å². The molecule has 8 aromatic rings. The lowest BCUT2D eigenvalue weighted by atomic mass is 9.98. The molecule has 0 radical (unpaired) electrons. The third kappa shape index (κ3) is 16.3. The summed E-state index contributed by atoms with van der Waals surface area (Å²) in [4.78, 5) is 107. The van der Waals surface area contributed by atoms with Gasteiger partial charge in [0.15, 0.2) is 0 Å². The summed E-state index contributed by atoms with van der Waals surface area (Å²) in [6.07, 6.45) is 3.86. The first-order chi connectivity index (χ1) is 43.8. The van der Waals surface area contributed by atoms with E-state index in [9.17, 15) is 59.4 Å². The lowest BCUT2D eigenvalue weighted by Crippen LogP contribution is -2.45. The van der Waals surface area contributed by atoms with Gasteiger partial charge in [0.2, 0.25) is 16.5 Å². The Balaban J connectivity index is 1.04. The number of ether oxygens (including phenoxy) is 1. The number of rotatable bonds is 25. The van der Waals surface area contributed by atoms with Gasteiger partial charge in [-0.15, -0.1) is 0 Å². The number of aryl methyl sites for hydroxylation is 3. The highest BCUT2D eigenvalue weighted by Crippen LogP contribution is 2.36. The maximum atomic E-state index is 12.8. The van der Waals surface area contributed by atoms with Crippen molar-refractivity contribution in [3.63, 3.8) is 0 Å². The molecule has 0 atom stereocenters. The van der Waals surface area contributed by atoms with E-state index in [4.69, 9.17) is 41.2 Å². The van der Waals surface area contributed by atoms with Gasteiger partial charge in [0.25, 0.3) is 0 Å². The average Bonchev–Trinajstić information content (AvgIpc) is 1.63. The number of aromatic nitrogens is 6. The molecule has 26 nitrogen and oxygen atoms in total. The quantitative estimate of drug-likeness (QED) is 0.0261. The molecule has 1 aromatic carbocycles. The normalized spacial score (nSPS) is 13.7. The third-order valence-corrected chi connectivity index (χ3v) is 16.1. The van der Waals surface area contributed by atoms with Gasteiger partial charge in [0.1, 0.15) is 74.1 Å². The standard InChI is InChI=1S/C64H66Cl2N10O16/c1-32-50(59(83)84)35(4)90-53(32)39-21-43(67-47(24-39)56(77)78)29-74-16-18-75(30-44-22-40(25-48(68-44)57(79)80)54-33(2)51(60(85)86)36(5)91-54)27-38(11-9-7-8-10-20-89-46-14-12-42(13-15-46)70-64-72-62(65)71-63(66)73-64)28-76(19-17-74)31-45-23-41(26-49(69-45)58(81)82)55-34(3)52(61(87)88)37(6)92-55/h12-15,21-26,38H,7-11,16-20,27-31H2,1-6H3,(H,77,78)(H,79,80)(H,81,82)(H,83,84)(H,85,86)(H,87,88)(H,70,71,72,73). The SMILES string of the molecule is Cc1oc(-c2cc(CN3CCN(Cc4cc(-c5oc(C)c(C(=O)O)c5C)cc(C(=O)O)n4)CC(CCCCCCOc4ccc(Nc5nc(Cl)nc(Cl)n5)cc4)CN(Cc4cc(-c5oc(C)c(C(=O)O)c5C)cc(C(=O)O)n4)CC3)nc(C(=O)O)c2)c(C)c1C(=O)O. The van der Waals surface area contributed by atoms with Gasteiger partial charge in [0.05, 0.1) is 23.7 Å². The Bertz CT molecular complexity index is 3970. The second-order valence-electron chi connectivity index (χ2n) is 22.5. The first kappa shape index (κ1) is 66.8. The summed E-state index contributed by atoms with van der Waals surface area (Å²) in [5, 5.41) is 64.2. The molecule has 1 aliphatic heterocycles. The molecule has 482 valence electrons. The lowest BCUT2D eigenvalue weighted by molar-refractivity contribution is 0.0678. The number of hydrogen-bond acceptors (Lipinski definition) is 20. The number of furan rings is 3. The van der Waals surface area contributed by atoms with Gasteiger partial charge in [-0.05, 0) is 144 Å². The monoisotopic (exact) mass is 1300 g/mol. The van der Waals surface area contributed by atoms with Crippen molar-refractivity contribution < 1.29 is 77.4 Å². The molecule has 1 saturated heterocycles. The Hall–Kier alpha value is -9.60. The lowest BCUT2D eigenvalue weighted by Gasteiger charge is -2.36. The Morgan fingerprint density at radius 2 is 0.859 bits per heavy atom. The molecule has 1 fully saturated rings. The fourth-order valence-electron chi connectivity index (χ4n) is 11.6. The molecule has 0 amide bonds. The Morgan fingerprint density at radius 1 is 0.489 bits per heavy atom. The molecular formula is C64H66Cl2N10O16. The van der Waals surface area contributed by atoms with E-state index in [1.807, 2.05) is 0 Å². The van der Waals surface area contributed by atoms with Crippen LogP contribution in [0, 0.1) is 47.5 Å². The first-order valence-electron chi connectivity index (χ1n) is 29.3. The zero-order valence-electron chi connectivity index (χ0n) is 51.0. The van der Waals surface area contributed by atoms with Crippen LogP contribution in [0.3, 0.4) is 0 Å². The zero-order valence-corrected chi connectivity index (χ0v) is 52.5. The number of benzene rings is 1. The van der Waals surface area contributed by atoms with Gasteiger partial charge in [-0.25, -0.2) is 43.7 Å². The summed E-state index contributed by atoms with van der Waals surface area (Å²) in [5.74, 6) is -5.94. The van der Waals surface area contributed by atoms with Crippen LogP contribution in [-0.2, 0) is 19.6 Å². The summed E-state index contributed by atoms with van der Waals surface area (Å²) in [6.45, 7) is 12.2. The highest BCUT2D eigenvalue weighted by atomic mass is 35.5. The van der Waals surface area contributed by atoms with E-state index in [-0.39, 0.29) is 110 Å². The fraction of sp³-hybridized carbons (Fsp3) is 0.344. The zero-order chi connectivity index (χ0) is 66.2. The Kier molecular flexibility index (Phi) is 21.2. The minimum atomic E-state index is -1.33. The van der Waals surface area contributed by atoms with Gasteiger partial charge in [-0.3, -0.25) is 14.7 Å². The Morgan fingerprint density at radius 3 is 1.23 bits per heavy atom. The number of unbranched alkanes of at least 4 members (excludes halogenated alkanes) is 3. The number of carboxylic acid groups (broad SMARTS) is 6. The van der Waals surface area contributed by atoms with Crippen LogP contribution < -0.4 is 10.1 Å². The second-order valence-corrected chi connectivity index (χ2v) is 23.2. The van der Waals surface area contributed by atoms with E-state index in [0.29, 0.717) is 114 Å². The maximum absolute atomic E-state index is 12.8. The van der Waals surface area contributed by atoms with Gasteiger partial charge < -0.3 is 53.9 Å². The van der Waals surface area contributed by atoms with Crippen molar-refractivity contribution in [3.05, 3.63) is 156 Å². The number of aromatic carboxylic acids is 6. The van der Waals surface area contributed by atoms with Crippen molar-refractivity contribution in [2.24, 2.45) is 5.92 Å². The Labute approximate surface area is 536 Å². The number of nitrogens with zero attached hydrogens (tertiary/aromatic N) is 9. The molecule has 0 spiro atoms. The molecule has 9 rings (SSSR count). The van der Waals surface area contributed by atoms with Crippen molar-refractivity contribution >= 4 is 70.7 Å². The van der Waals surface area contributed by atoms with Crippen molar-refractivity contribution in [2.45, 2.75) is 93.3 Å². The molecule has 0 bridgehead atoms. The number of hydrogen-bond donors (Lipinski definition) is 7. The van der Waals surface area contributed by atoms with Crippen LogP contribution in [0.5, 0.6) is 5.75 Å². The average molecular weight is 1300 g/mol. The van der Waals surface area contributed by atoms with Crippen molar-refractivity contribution in [1.82, 2.24) is 44.6 Å². The maximum Gasteiger partial charge on any atom is 0.354 e. The van der Waals surface area contributed by atoms with Gasteiger partial charge in [-0.2, -0.15) is 15.0 Å². The van der Waals surface area contributed by atoms with E-state index in [1.54, 1.807) is 63.2 Å². The minimum absolute atomic E-state index is 0.0453. The van der Waals surface area contributed by atoms with Crippen molar-refractivity contribution in [3.8, 4) is 39.7 Å². The van der Waals surface area contributed by atoms with Crippen LogP contribution in [0.25, 0.3) is 34.0 Å². The highest BCUT2D eigenvalue weighted by Gasteiger charge is 2.29. The molecule has 7 N–H and O–H groups in total. The number of carboxylic acids is 6. The van der Waals surface area contributed by atoms with Crippen LogP contribution in [-0.4, -0.2) is 157 Å². The summed E-state index contributed by atoms with van der Waals surface area (Å²) < 4.78 is 24.0. The number of pyridine rings is 3. The van der Waals surface area contributed by atoms with Gasteiger partial charge in [0, 0.05) is 98.0 Å². The number of anilines is 2. The molecule has 1 aliphatic rings. The summed E-state index contributed by atoms with van der Waals surface area (Å²) >= 11 is 11.9. The largest absolute Gasteiger partial charge is 0.494 e. The van der Waals surface area contributed by atoms with Crippen LogP contribution in [0.1, 0.15) is 146 Å². The van der Waals surface area contributed by atoms with E-state index in [2.05, 4.69) is 49.9 Å². The molecule has 0 aliphatic carbocycles. The molecule has 8 heterocycles. The summed E-state index contributed by atoms with van der Waals surface area (Å²) in [5.41, 5.74) is 2.45. The molecule has 0 saturated carbocycles. The predicted molar refractivity (Wildman–Crippen MR) is 333 cm³/mol. The first-order valence-corrected chi connectivity index (χ1v) is 30.0. The van der Waals surface area contributed by atoms with Crippen LogP contribution >= 0.6 is 23.2 Å². The molecule has 28 heteroatoms. The van der Waals surface area contributed by atoms with Crippen LogP contribution in [0.2, 0.25) is 10.6 Å². The van der Waals surface area contributed by atoms with E-state index in [1.165, 1.54) is 39.0 Å². The van der Waals surface area contributed by atoms with E-state index < -0.39 is 35.8 Å². The van der Waals surface area contributed by atoms with Crippen molar-refractivity contribution in [2.75, 3.05) is 51.2 Å². The minimum Gasteiger partial charge on any atom is -0.494 e. The molecule has 7 aromatic heterocycles. The fourth-order valence-corrected chi connectivity index (χ4v) is 12.0. The highest BCUT2D eigenvalue weighted by molar-refractivity contribution is 6.31. The third-order valence-electron chi connectivity index (χ3n) is 15.8. The second kappa shape index (κ2) is 29.1. The number of nitrogens with one attached hydrogen (secondary N) is 1. The molecule has 92 heavy (non-hydrogen) atoms. The molecule has 0 unspecified atom stereocenters. The summed E-state index contributed by atoms with van der Waals surface area (Å²) in [7, 11) is 0. The number of halogens is 2. The topological polar surface area (TPSA) is 372 Å². The smallest absolute Gasteiger partial charge is 0.354 e. The predicted octanol–water partition coefficient (Wildman–Crippen LogP) is 11.4. The summed E-state index contributed by atoms with van der Waals surface area (Å²) in [6, 6.07) is 16.2. The van der Waals surface area contributed by atoms with Gasteiger partial charge >= 0.3 is 35.8 Å².